The molecule has 0 saturated heterocycles. The predicted molar refractivity (Wildman–Crippen MR) is 133 cm³/mol. The molecule has 0 aliphatic heterocycles. The first-order valence-corrected chi connectivity index (χ1v) is 12.4. The number of rotatable bonds is 6. The first kappa shape index (κ1) is 23.5. The summed E-state index contributed by atoms with van der Waals surface area (Å²) in [6, 6.07) is 27.4. The fraction of sp³-hybridized carbons (Fsp3) is 0.143. The zero-order valence-electron chi connectivity index (χ0n) is 18.9. The third-order valence-corrected chi connectivity index (χ3v) is 7.15. The van der Waals surface area contributed by atoms with Crippen molar-refractivity contribution in [1.82, 2.24) is 0 Å². The molecule has 0 bridgehead atoms. The van der Waals surface area contributed by atoms with Crippen molar-refractivity contribution in [2.24, 2.45) is 0 Å². The molecular formula is C28H26O5S. The topological polar surface area (TPSA) is 94.8 Å². The Labute approximate surface area is 199 Å². The van der Waals surface area contributed by atoms with E-state index in [2.05, 4.69) is 19.1 Å². The second-order valence-corrected chi connectivity index (χ2v) is 9.84. The minimum atomic E-state index is -4.66. The van der Waals surface area contributed by atoms with Crippen LogP contribution in [-0.4, -0.2) is 23.2 Å². The van der Waals surface area contributed by atoms with Gasteiger partial charge in [0.2, 0.25) is 0 Å². The van der Waals surface area contributed by atoms with Crippen LogP contribution in [0.5, 0.6) is 11.5 Å². The van der Waals surface area contributed by atoms with Gasteiger partial charge in [0.25, 0.3) is 10.1 Å². The van der Waals surface area contributed by atoms with Crippen molar-refractivity contribution in [3.8, 4) is 22.6 Å². The summed E-state index contributed by atoms with van der Waals surface area (Å²) in [5, 5.41) is 20.4. The Balaban J connectivity index is 1.74. The van der Waals surface area contributed by atoms with Gasteiger partial charge >= 0.3 is 0 Å². The van der Waals surface area contributed by atoms with E-state index in [0.717, 1.165) is 11.1 Å². The molecule has 3 N–H and O–H groups in total. The van der Waals surface area contributed by atoms with E-state index in [-0.39, 0.29) is 17.6 Å². The maximum absolute atomic E-state index is 12.0. The van der Waals surface area contributed by atoms with Crippen LogP contribution in [0, 0.1) is 0 Å². The van der Waals surface area contributed by atoms with Gasteiger partial charge in [-0.1, -0.05) is 80.6 Å². The van der Waals surface area contributed by atoms with Crippen LogP contribution in [0.25, 0.3) is 11.1 Å². The normalized spacial score (nSPS) is 13.4. The quantitative estimate of drug-likeness (QED) is 0.285. The number of phenolic OH excluding ortho intramolecular Hbond substituents is 2. The predicted octanol–water partition coefficient (Wildman–Crippen LogP) is 6.32. The highest BCUT2D eigenvalue weighted by Gasteiger charge is 2.24. The minimum Gasteiger partial charge on any atom is -0.508 e. The van der Waals surface area contributed by atoms with Gasteiger partial charge in [-0.15, -0.1) is 0 Å². The zero-order valence-corrected chi connectivity index (χ0v) is 19.7. The van der Waals surface area contributed by atoms with E-state index in [1.165, 1.54) is 23.8 Å². The Bertz CT molecular complexity index is 1390. The molecule has 0 aliphatic rings. The molecule has 0 fully saturated rings. The Morgan fingerprint density at radius 1 is 0.647 bits per heavy atom. The van der Waals surface area contributed by atoms with E-state index in [0.29, 0.717) is 16.7 Å². The monoisotopic (exact) mass is 474 g/mol. The molecule has 0 aliphatic carbocycles. The van der Waals surface area contributed by atoms with Crippen molar-refractivity contribution in [2.75, 3.05) is 0 Å². The molecule has 0 heterocycles. The fourth-order valence-electron chi connectivity index (χ4n) is 4.16. The Kier molecular flexibility index (Phi) is 6.46. The van der Waals surface area contributed by atoms with Crippen molar-refractivity contribution < 1.29 is 23.2 Å². The highest BCUT2D eigenvalue weighted by Crippen LogP contribution is 2.40. The molecule has 6 heteroatoms. The molecular weight excluding hydrogens is 448 g/mol. The Morgan fingerprint density at radius 3 is 1.74 bits per heavy atom. The summed E-state index contributed by atoms with van der Waals surface area (Å²) < 4.78 is 33.8. The van der Waals surface area contributed by atoms with Gasteiger partial charge in [0.15, 0.2) is 0 Å². The number of hydrogen-bond acceptors (Lipinski definition) is 4. The smallest absolute Gasteiger partial charge is 0.298 e. The van der Waals surface area contributed by atoms with Crippen LogP contribution < -0.4 is 0 Å². The summed E-state index contributed by atoms with van der Waals surface area (Å²) in [6.45, 7) is 4.01. The van der Waals surface area contributed by atoms with Crippen molar-refractivity contribution in [3.05, 3.63) is 113 Å². The summed E-state index contributed by atoms with van der Waals surface area (Å²) in [4.78, 5) is -0.547. The van der Waals surface area contributed by atoms with Crippen molar-refractivity contribution in [2.45, 2.75) is 30.6 Å². The van der Waals surface area contributed by atoms with Gasteiger partial charge in [0, 0.05) is 17.4 Å². The van der Waals surface area contributed by atoms with Crippen LogP contribution in [0.15, 0.2) is 95.9 Å². The second kappa shape index (κ2) is 9.33. The molecule has 0 saturated carbocycles. The lowest BCUT2D eigenvalue weighted by atomic mass is 9.87. The Hall–Kier alpha value is -3.61. The second-order valence-electron chi connectivity index (χ2n) is 8.45. The van der Waals surface area contributed by atoms with Gasteiger partial charge in [0.1, 0.15) is 16.4 Å². The van der Waals surface area contributed by atoms with E-state index < -0.39 is 20.8 Å². The standard InChI is InChI=1S/C28H26O5S/c1-18(20-6-4-3-5-7-20)21-8-10-22(11-9-21)19(2)26-16-24(23-12-14-25(29)15-13-23)17-27(28(26)30)34(31,32)33/h3-19,29-30H,1-2H3,(H,31,32,33). The summed E-state index contributed by atoms with van der Waals surface area (Å²) in [7, 11) is -4.66. The first-order chi connectivity index (χ1) is 16.1. The molecule has 0 aromatic heterocycles. The van der Waals surface area contributed by atoms with Crippen molar-refractivity contribution in [1.29, 1.82) is 0 Å². The molecule has 4 aromatic carbocycles. The lowest BCUT2D eigenvalue weighted by Crippen LogP contribution is -2.05. The van der Waals surface area contributed by atoms with Crippen LogP contribution in [0.1, 0.15) is 47.9 Å². The SMILES string of the molecule is CC(c1ccccc1)c1ccc(C(C)c2cc(-c3ccc(O)cc3)cc(S(=O)(=O)O)c2O)cc1. The highest BCUT2D eigenvalue weighted by molar-refractivity contribution is 7.86. The maximum Gasteiger partial charge on any atom is 0.298 e. The van der Waals surface area contributed by atoms with Gasteiger partial charge in [-0.3, -0.25) is 4.55 Å². The molecule has 0 radical (unpaired) electrons. The molecule has 5 nitrogen and oxygen atoms in total. The number of benzene rings is 4. The lowest BCUT2D eigenvalue weighted by Gasteiger charge is -2.19. The van der Waals surface area contributed by atoms with Crippen LogP contribution >= 0.6 is 0 Å². The van der Waals surface area contributed by atoms with Gasteiger partial charge in [0.05, 0.1) is 0 Å². The van der Waals surface area contributed by atoms with Crippen LogP contribution in [0.3, 0.4) is 0 Å². The molecule has 0 amide bonds. The van der Waals surface area contributed by atoms with E-state index in [4.69, 9.17) is 0 Å². The molecule has 4 rings (SSSR count). The van der Waals surface area contributed by atoms with Crippen LogP contribution in [-0.2, 0) is 10.1 Å². The third-order valence-electron chi connectivity index (χ3n) is 6.29. The number of aromatic hydroxyl groups is 2. The molecule has 2 unspecified atom stereocenters. The van der Waals surface area contributed by atoms with Crippen LogP contribution in [0.2, 0.25) is 0 Å². The first-order valence-electron chi connectivity index (χ1n) is 10.9. The number of phenols is 2. The molecule has 4 aromatic rings. The van der Waals surface area contributed by atoms with Crippen molar-refractivity contribution in [3.63, 3.8) is 0 Å². The zero-order chi connectivity index (χ0) is 24.5. The summed E-state index contributed by atoms with van der Waals surface area (Å²) >= 11 is 0. The average Bonchev–Trinajstić information content (AvgIpc) is 2.84. The maximum atomic E-state index is 12.0. The molecule has 34 heavy (non-hydrogen) atoms. The largest absolute Gasteiger partial charge is 0.508 e. The average molecular weight is 475 g/mol. The van der Waals surface area contributed by atoms with Gasteiger partial charge < -0.3 is 10.2 Å². The molecule has 174 valence electrons. The van der Waals surface area contributed by atoms with Gasteiger partial charge in [-0.05, 0) is 52.1 Å². The highest BCUT2D eigenvalue weighted by atomic mass is 32.2. The summed E-state index contributed by atoms with van der Waals surface area (Å²) in [5.41, 5.74) is 4.76. The van der Waals surface area contributed by atoms with Crippen molar-refractivity contribution >= 4 is 10.1 Å². The van der Waals surface area contributed by atoms with E-state index >= 15 is 0 Å². The third kappa shape index (κ3) is 4.83. The van der Waals surface area contributed by atoms with Gasteiger partial charge in [-0.25, -0.2) is 0 Å². The van der Waals surface area contributed by atoms with Crippen LogP contribution in [0.4, 0.5) is 0 Å². The Morgan fingerprint density at radius 2 is 1.18 bits per heavy atom. The van der Waals surface area contributed by atoms with Gasteiger partial charge in [-0.2, -0.15) is 8.42 Å². The number of hydrogen-bond donors (Lipinski definition) is 3. The van der Waals surface area contributed by atoms with E-state index in [1.54, 1.807) is 18.2 Å². The minimum absolute atomic E-state index is 0.0796. The van der Waals surface area contributed by atoms with E-state index in [9.17, 15) is 23.2 Å². The lowest BCUT2D eigenvalue weighted by molar-refractivity contribution is 0.436. The summed E-state index contributed by atoms with van der Waals surface area (Å²) in [6.07, 6.45) is 0. The molecule has 2 atom stereocenters. The fourth-order valence-corrected chi connectivity index (χ4v) is 4.80. The molecule has 0 spiro atoms. The summed E-state index contributed by atoms with van der Waals surface area (Å²) in [5.74, 6) is -0.531. The van der Waals surface area contributed by atoms with E-state index in [1.807, 2.05) is 49.4 Å².